The predicted octanol–water partition coefficient (Wildman–Crippen LogP) is 2.11. The van der Waals surface area contributed by atoms with Gasteiger partial charge < -0.3 is 14.8 Å². The quantitative estimate of drug-likeness (QED) is 0.751. The molecule has 0 aliphatic carbocycles. The van der Waals surface area contributed by atoms with E-state index >= 15 is 0 Å². The number of hydrogen-bond acceptors (Lipinski definition) is 6. The minimum Gasteiger partial charge on any atom is -0.497 e. The van der Waals surface area contributed by atoms with Crippen molar-refractivity contribution < 1.29 is 23.9 Å². The first-order valence-corrected chi connectivity index (χ1v) is 8.38. The summed E-state index contributed by atoms with van der Waals surface area (Å²) in [4.78, 5) is 41.8. The summed E-state index contributed by atoms with van der Waals surface area (Å²) in [7, 11) is 3.04. The van der Waals surface area contributed by atoms with E-state index in [2.05, 4.69) is 10.3 Å². The minimum absolute atomic E-state index is 0.140. The number of pyridine rings is 1. The molecule has 0 unspecified atom stereocenters. The number of amides is 3. The first-order chi connectivity index (χ1) is 13.0. The Balaban J connectivity index is 1.57. The van der Waals surface area contributed by atoms with Gasteiger partial charge in [-0.25, -0.2) is 0 Å². The maximum absolute atomic E-state index is 12.3. The highest BCUT2D eigenvalue weighted by atomic mass is 16.5. The number of carbonyl (C=O) groups is 3. The molecular weight excluding hydrogens is 350 g/mol. The summed E-state index contributed by atoms with van der Waals surface area (Å²) in [6, 6.07) is 8.27. The molecule has 3 amide bonds. The Morgan fingerprint density at radius 3 is 2.67 bits per heavy atom. The summed E-state index contributed by atoms with van der Waals surface area (Å²) in [5.74, 6) is 0.0416. The molecule has 0 fully saturated rings. The monoisotopic (exact) mass is 369 g/mol. The first kappa shape index (κ1) is 18.4. The van der Waals surface area contributed by atoms with Crippen molar-refractivity contribution in [3.8, 4) is 11.5 Å². The van der Waals surface area contributed by atoms with E-state index in [0.717, 1.165) is 4.90 Å². The van der Waals surface area contributed by atoms with E-state index in [1.807, 2.05) is 0 Å². The summed E-state index contributed by atoms with van der Waals surface area (Å²) < 4.78 is 10.4. The SMILES string of the molecule is COc1ccc(OC)c(NC(=O)CCCN2C(=O)c3cccnc3C2=O)c1. The zero-order chi connectivity index (χ0) is 19.4. The average molecular weight is 369 g/mol. The lowest BCUT2D eigenvalue weighted by atomic mass is 10.2. The molecule has 1 aromatic heterocycles. The number of nitrogens with zero attached hydrogens (tertiary/aromatic N) is 2. The molecule has 1 aromatic carbocycles. The molecular formula is C19H19N3O5. The molecule has 1 aliphatic rings. The van der Waals surface area contributed by atoms with E-state index < -0.39 is 5.91 Å². The van der Waals surface area contributed by atoms with Gasteiger partial charge in [-0.3, -0.25) is 24.3 Å². The average Bonchev–Trinajstić information content (AvgIpc) is 2.93. The number of anilines is 1. The van der Waals surface area contributed by atoms with Crippen molar-refractivity contribution >= 4 is 23.4 Å². The molecule has 140 valence electrons. The van der Waals surface area contributed by atoms with Crippen molar-refractivity contribution in [2.24, 2.45) is 0 Å². The topological polar surface area (TPSA) is 97.8 Å². The standard InChI is InChI=1S/C19H19N3O5/c1-26-12-7-8-15(27-2)14(11-12)21-16(23)6-4-10-22-18(24)13-5-3-9-20-17(13)19(22)25/h3,5,7-9,11H,4,6,10H2,1-2H3,(H,21,23). The smallest absolute Gasteiger partial charge is 0.280 e. The summed E-state index contributed by atoms with van der Waals surface area (Å²) in [5, 5.41) is 2.76. The van der Waals surface area contributed by atoms with Gasteiger partial charge in [-0.2, -0.15) is 0 Å². The Labute approximate surface area is 156 Å². The van der Waals surface area contributed by atoms with Crippen molar-refractivity contribution in [3.63, 3.8) is 0 Å². The normalized spacial score (nSPS) is 12.7. The molecule has 0 saturated heterocycles. The van der Waals surface area contributed by atoms with Crippen molar-refractivity contribution in [1.82, 2.24) is 9.88 Å². The van der Waals surface area contributed by atoms with Crippen LogP contribution in [0.3, 0.4) is 0 Å². The maximum Gasteiger partial charge on any atom is 0.280 e. The highest BCUT2D eigenvalue weighted by Gasteiger charge is 2.36. The van der Waals surface area contributed by atoms with Gasteiger partial charge in [-0.1, -0.05) is 0 Å². The molecule has 8 nitrogen and oxygen atoms in total. The molecule has 0 atom stereocenters. The zero-order valence-corrected chi connectivity index (χ0v) is 15.0. The van der Waals surface area contributed by atoms with Gasteiger partial charge in [-0.15, -0.1) is 0 Å². The number of hydrogen-bond donors (Lipinski definition) is 1. The predicted molar refractivity (Wildman–Crippen MR) is 97.0 cm³/mol. The zero-order valence-electron chi connectivity index (χ0n) is 15.0. The Bertz CT molecular complexity index is 862. The Morgan fingerprint density at radius 1 is 1.15 bits per heavy atom. The van der Waals surface area contributed by atoms with Crippen LogP contribution in [0.15, 0.2) is 36.5 Å². The summed E-state index contributed by atoms with van der Waals surface area (Å²) in [6.07, 6.45) is 1.95. The van der Waals surface area contributed by atoms with Crippen LogP contribution in [0.1, 0.15) is 33.7 Å². The van der Waals surface area contributed by atoms with E-state index in [-0.39, 0.29) is 30.5 Å². The fourth-order valence-electron chi connectivity index (χ4n) is 2.84. The highest BCUT2D eigenvalue weighted by Crippen LogP contribution is 2.29. The third-order valence-corrected chi connectivity index (χ3v) is 4.20. The van der Waals surface area contributed by atoms with E-state index in [0.29, 0.717) is 29.2 Å². The van der Waals surface area contributed by atoms with Crippen LogP contribution in [-0.2, 0) is 4.79 Å². The number of imide groups is 1. The Hall–Kier alpha value is -3.42. The van der Waals surface area contributed by atoms with Crippen molar-refractivity contribution in [1.29, 1.82) is 0 Å². The third-order valence-electron chi connectivity index (χ3n) is 4.20. The van der Waals surface area contributed by atoms with Gasteiger partial charge in [0.1, 0.15) is 17.2 Å². The van der Waals surface area contributed by atoms with Crippen molar-refractivity contribution in [3.05, 3.63) is 47.8 Å². The molecule has 27 heavy (non-hydrogen) atoms. The number of nitrogens with one attached hydrogen (secondary N) is 1. The fraction of sp³-hybridized carbons (Fsp3) is 0.263. The van der Waals surface area contributed by atoms with Gasteiger partial charge in [0, 0.05) is 25.2 Å². The van der Waals surface area contributed by atoms with Crippen molar-refractivity contribution in [2.75, 3.05) is 26.1 Å². The second kappa shape index (κ2) is 7.86. The lowest BCUT2D eigenvalue weighted by Gasteiger charge is -2.14. The Morgan fingerprint density at radius 2 is 1.96 bits per heavy atom. The molecule has 1 N–H and O–H groups in total. The maximum atomic E-state index is 12.3. The molecule has 2 aromatic rings. The van der Waals surface area contributed by atoms with Crippen LogP contribution in [-0.4, -0.2) is 48.4 Å². The molecule has 0 radical (unpaired) electrons. The van der Waals surface area contributed by atoms with E-state index in [1.54, 1.807) is 30.3 Å². The molecule has 2 heterocycles. The van der Waals surface area contributed by atoms with Gasteiger partial charge >= 0.3 is 0 Å². The molecule has 3 rings (SSSR count). The number of ether oxygens (including phenoxy) is 2. The van der Waals surface area contributed by atoms with Crippen LogP contribution in [0, 0.1) is 0 Å². The van der Waals surface area contributed by atoms with E-state index in [9.17, 15) is 14.4 Å². The van der Waals surface area contributed by atoms with Gasteiger partial charge in [0.15, 0.2) is 0 Å². The molecule has 0 saturated carbocycles. The van der Waals surface area contributed by atoms with Gasteiger partial charge in [0.2, 0.25) is 5.91 Å². The third kappa shape index (κ3) is 3.74. The Kier molecular flexibility index (Phi) is 5.35. The van der Waals surface area contributed by atoms with Crippen LogP contribution in [0.2, 0.25) is 0 Å². The lowest BCUT2D eigenvalue weighted by Crippen LogP contribution is -2.31. The molecule has 8 heteroatoms. The number of carbonyl (C=O) groups excluding carboxylic acids is 3. The molecule has 0 spiro atoms. The summed E-state index contributed by atoms with van der Waals surface area (Å²) in [5.41, 5.74) is 0.952. The number of fused-ring (bicyclic) bond motifs is 1. The number of aromatic nitrogens is 1. The van der Waals surface area contributed by atoms with Gasteiger partial charge in [0.05, 0.1) is 25.5 Å². The largest absolute Gasteiger partial charge is 0.497 e. The minimum atomic E-state index is -0.425. The van der Waals surface area contributed by atoms with Gasteiger partial charge in [-0.05, 0) is 30.7 Å². The second-order valence-corrected chi connectivity index (χ2v) is 5.88. The van der Waals surface area contributed by atoms with Crippen molar-refractivity contribution in [2.45, 2.75) is 12.8 Å². The lowest BCUT2D eigenvalue weighted by molar-refractivity contribution is -0.116. The van der Waals surface area contributed by atoms with Crippen LogP contribution in [0.5, 0.6) is 11.5 Å². The summed E-state index contributed by atoms with van der Waals surface area (Å²) in [6.45, 7) is 0.149. The molecule has 0 bridgehead atoms. The highest BCUT2D eigenvalue weighted by molar-refractivity contribution is 6.20. The number of rotatable bonds is 7. The second-order valence-electron chi connectivity index (χ2n) is 5.88. The summed E-state index contributed by atoms with van der Waals surface area (Å²) >= 11 is 0. The van der Waals surface area contributed by atoms with E-state index in [1.165, 1.54) is 20.4 Å². The number of methoxy groups -OCH3 is 2. The molecule has 1 aliphatic heterocycles. The first-order valence-electron chi connectivity index (χ1n) is 8.38. The fourth-order valence-corrected chi connectivity index (χ4v) is 2.84. The van der Waals surface area contributed by atoms with Crippen LogP contribution in [0.4, 0.5) is 5.69 Å². The number of benzene rings is 1. The van der Waals surface area contributed by atoms with Gasteiger partial charge in [0.25, 0.3) is 11.8 Å². The van der Waals surface area contributed by atoms with Crippen LogP contribution < -0.4 is 14.8 Å². The van der Waals surface area contributed by atoms with E-state index in [4.69, 9.17) is 9.47 Å². The van der Waals surface area contributed by atoms with Crippen LogP contribution >= 0.6 is 0 Å². The van der Waals surface area contributed by atoms with Crippen LogP contribution in [0.25, 0.3) is 0 Å².